The van der Waals surface area contributed by atoms with E-state index >= 15 is 0 Å². The van der Waals surface area contributed by atoms with Gasteiger partial charge in [-0.25, -0.2) is 5.43 Å². The number of piperazine rings is 1. The summed E-state index contributed by atoms with van der Waals surface area (Å²) in [4.78, 5) is 16.7. The molecule has 1 aliphatic heterocycles. The second kappa shape index (κ2) is 10.5. The third-order valence-electron chi connectivity index (χ3n) is 5.19. The Kier molecular flexibility index (Phi) is 7.81. The summed E-state index contributed by atoms with van der Waals surface area (Å²) in [7, 11) is 0. The number of hydrazone groups is 1. The van der Waals surface area contributed by atoms with Crippen LogP contribution in [-0.4, -0.2) is 54.6 Å². The zero-order valence-corrected chi connectivity index (χ0v) is 17.9. The summed E-state index contributed by atoms with van der Waals surface area (Å²) >= 11 is 6.25. The van der Waals surface area contributed by atoms with Gasteiger partial charge in [-0.1, -0.05) is 67.9 Å². The lowest BCUT2D eigenvalue weighted by Crippen LogP contribution is -2.48. The number of hydrogen-bond donors (Lipinski definition) is 1. The number of rotatable bonds is 7. The minimum Gasteiger partial charge on any atom is -0.296 e. The molecular weight excluding hydrogens is 384 g/mol. The summed E-state index contributed by atoms with van der Waals surface area (Å²) < 4.78 is 0. The molecule has 29 heavy (non-hydrogen) atoms. The Bertz CT molecular complexity index is 827. The van der Waals surface area contributed by atoms with Crippen LogP contribution in [0.1, 0.15) is 36.5 Å². The van der Waals surface area contributed by atoms with Gasteiger partial charge in [0.15, 0.2) is 0 Å². The van der Waals surface area contributed by atoms with Crippen LogP contribution in [0.2, 0.25) is 5.02 Å². The number of carbonyl (C=O) groups is 1. The first-order valence-corrected chi connectivity index (χ1v) is 10.5. The quantitative estimate of drug-likeness (QED) is 0.556. The molecule has 0 aromatic heterocycles. The van der Waals surface area contributed by atoms with E-state index in [0.29, 0.717) is 12.5 Å². The Morgan fingerprint density at radius 1 is 1.07 bits per heavy atom. The fourth-order valence-corrected chi connectivity index (χ4v) is 3.55. The summed E-state index contributed by atoms with van der Waals surface area (Å²) in [6.07, 6.45) is 1.68. The summed E-state index contributed by atoms with van der Waals surface area (Å²) in [5.74, 6) is 0.422. The van der Waals surface area contributed by atoms with Gasteiger partial charge in [-0.3, -0.25) is 14.6 Å². The van der Waals surface area contributed by atoms with E-state index in [2.05, 4.69) is 52.4 Å². The molecule has 1 saturated heterocycles. The molecule has 0 spiro atoms. The van der Waals surface area contributed by atoms with Gasteiger partial charge in [0.25, 0.3) is 5.91 Å². The molecule has 0 saturated carbocycles. The predicted octanol–water partition coefficient (Wildman–Crippen LogP) is 3.73. The van der Waals surface area contributed by atoms with Gasteiger partial charge in [0.1, 0.15) is 0 Å². The molecule has 1 N–H and O–H groups in total. The summed E-state index contributed by atoms with van der Waals surface area (Å²) in [6.45, 7) is 9.10. The van der Waals surface area contributed by atoms with Crippen molar-refractivity contribution in [3.8, 4) is 0 Å². The van der Waals surface area contributed by atoms with Crippen LogP contribution in [0.4, 0.5) is 0 Å². The van der Waals surface area contributed by atoms with Gasteiger partial charge < -0.3 is 0 Å². The topological polar surface area (TPSA) is 47.9 Å². The van der Waals surface area contributed by atoms with Gasteiger partial charge in [-0.2, -0.15) is 5.10 Å². The third kappa shape index (κ3) is 6.67. The Balaban J connectivity index is 1.39. The molecule has 1 heterocycles. The Labute approximate surface area is 178 Å². The first kappa shape index (κ1) is 21.5. The van der Waals surface area contributed by atoms with E-state index in [1.54, 1.807) is 6.21 Å². The molecule has 5 nitrogen and oxygen atoms in total. The van der Waals surface area contributed by atoms with Crippen molar-refractivity contribution in [2.24, 2.45) is 5.10 Å². The van der Waals surface area contributed by atoms with Crippen LogP contribution in [-0.2, 0) is 11.3 Å². The third-order valence-corrected chi connectivity index (χ3v) is 5.56. The standard InChI is InChI=1S/C23H29ClN4O/c1-18(2)20-9-7-19(8-10-20)15-25-26-23(29)17-28-13-11-27(12-14-28)16-21-5-3-4-6-22(21)24/h3-10,15,18H,11-14,16-17H2,1-2H3,(H,26,29)/b25-15-. The largest absolute Gasteiger partial charge is 0.296 e. The molecule has 0 bridgehead atoms. The fraction of sp³-hybridized carbons (Fsp3) is 0.391. The average Bonchev–Trinajstić information content (AvgIpc) is 2.71. The highest BCUT2D eigenvalue weighted by atomic mass is 35.5. The van der Waals surface area contributed by atoms with Crippen molar-refractivity contribution in [3.05, 3.63) is 70.2 Å². The minimum absolute atomic E-state index is 0.0837. The summed E-state index contributed by atoms with van der Waals surface area (Å²) in [6, 6.07) is 16.2. The molecule has 3 rings (SSSR count). The maximum absolute atomic E-state index is 12.2. The molecule has 2 aromatic carbocycles. The van der Waals surface area contributed by atoms with Crippen LogP contribution >= 0.6 is 11.6 Å². The SMILES string of the molecule is CC(C)c1ccc(/C=N\NC(=O)CN2CCN(Cc3ccccc3Cl)CC2)cc1. The minimum atomic E-state index is -0.0837. The molecule has 0 unspecified atom stereocenters. The van der Waals surface area contributed by atoms with E-state index in [-0.39, 0.29) is 5.91 Å². The van der Waals surface area contributed by atoms with E-state index in [0.717, 1.165) is 48.9 Å². The molecule has 1 aliphatic rings. The van der Waals surface area contributed by atoms with E-state index in [9.17, 15) is 4.79 Å². The number of benzene rings is 2. The zero-order chi connectivity index (χ0) is 20.6. The molecule has 154 valence electrons. The van der Waals surface area contributed by atoms with E-state index in [1.807, 2.05) is 30.3 Å². The number of amides is 1. The van der Waals surface area contributed by atoms with Crippen molar-refractivity contribution in [3.63, 3.8) is 0 Å². The lowest BCUT2D eigenvalue weighted by Gasteiger charge is -2.34. The molecule has 1 fully saturated rings. The molecule has 0 atom stereocenters. The highest BCUT2D eigenvalue weighted by Crippen LogP contribution is 2.18. The van der Waals surface area contributed by atoms with Gasteiger partial charge in [0.05, 0.1) is 12.8 Å². The van der Waals surface area contributed by atoms with Crippen LogP contribution in [0.15, 0.2) is 53.6 Å². The fourth-order valence-electron chi connectivity index (χ4n) is 3.36. The Morgan fingerprint density at radius 2 is 1.72 bits per heavy atom. The van der Waals surface area contributed by atoms with Crippen molar-refractivity contribution in [1.82, 2.24) is 15.2 Å². The first-order valence-electron chi connectivity index (χ1n) is 10.1. The average molecular weight is 413 g/mol. The number of halogens is 1. The van der Waals surface area contributed by atoms with Crippen LogP contribution in [0.3, 0.4) is 0 Å². The van der Waals surface area contributed by atoms with Gasteiger partial charge in [-0.15, -0.1) is 0 Å². The van der Waals surface area contributed by atoms with Crippen molar-refractivity contribution in [2.45, 2.75) is 26.3 Å². The lowest BCUT2D eigenvalue weighted by atomic mass is 10.0. The second-order valence-corrected chi connectivity index (χ2v) is 8.17. The van der Waals surface area contributed by atoms with Crippen molar-refractivity contribution >= 4 is 23.7 Å². The van der Waals surface area contributed by atoms with Gasteiger partial charge in [0, 0.05) is 37.7 Å². The van der Waals surface area contributed by atoms with Crippen molar-refractivity contribution in [2.75, 3.05) is 32.7 Å². The van der Waals surface area contributed by atoms with Gasteiger partial charge >= 0.3 is 0 Å². The van der Waals surface area contributed by atoms with Crippen molar-refractivity contribution < 1.29 is 4.79 Å². The molecule has 6 heteroatoms. The maximum atomic E-state index is 12.2. The normalized spacial score (nSPS) is 15.9. The van der Waals surface area contributed by atoms with E-state index in [4.69, 9.17) is 11.6 Å². The molecule has 2 aromatic rings. The predicted molar refractivity (Wildman–Crippen MR) is 119 cm³/mol. The zero-order valence-electron chi connectivity index (χ0n) is 17.1. The van der Waals surface area contributed by atoms with Crippen LogP contribution in [0.5, 0.6) is 0 Å². The highest BCUT2D eigenvalue weighted by molar-refractivity contribution is 6.31. The number of carbonyl (C=O) groups excluding carboxylic acids is 1. The smallest absolute Gasteiger partial charge is 0.254 e. The molecule has 0 aliphatic carbocycles. The lowest BCUT2D eigenvalue weighted by molar-refractivity contribution is -0.122. The maximum Gasteiger partial charge on any atom is 0.254 e. The molecule has 1 amide bonds. The number of nitrogens with zero attached hydrogens (tertiary/aromatic N) is 3. The Hall–Kier alpha value is -2.21. The number of hydrogen-bond acceptors (Lipinski definition) is 4. The number of nitrogens with one attached hydrogen (secondary N) is 1. The van der Waals surface area contributed by atoms with Crippen LogP contribution < -0.4 is 5.43 Å². The summed E-state index contributed by atoms with van der Waals surface area (Å²) in [5, 5.41) is 4.90. The second-order valence-electron chi connectivity index (χ2n) is 7.76. The Morgan fingerprint density at radius 3 is 2.38 bits per heavy atom. The monoisotopic (exact) mass is 412 g/mol. The molecule has 0 radical (unpaired) electrons. The van der Waals surface area contributed by atoms with Crippen molar-refractivity contribution in [1.29, 1.82) is 0 Å². The van der Waals surface area contributed by atoms with E-state index in [1.165, 1.54) is 5.56 Å². The molecular formula is C23H29ClN4O. The van der Waals surface area contributed by atoms with Crippen LogP contribution in [0.25, 0.3) is 0 Å². The van der Waals surface area contributed by atoms with Gasteiger partial charge in [-0.05, 0) is 28.7 Å². The van der Waals surface area contributed by atoms with Crippen LogP contribution in [0, 0.1) is 0 Å². The first-order chi connectivity index (χ1) is 14.0. The highest BCUT2D eigenvalue weighted by Gasteiger charge is 2.19. The van der Waals surface area contributed by atoms with Gasteiger partial charge in [0.2, 0.25) is 0 Å². The summed E-state index contributed by atoms with van der Waals surface area (Å²) in [5.41, 5.74) is 6.05. The van der Waals surface area contributed by atoms with E-state index < -0.39 is 0 Å².